The zero-order valence-electron chi connectivity index (χ0n) is 21.3. The number of thiocarbonyl (C=S) groups is 1. The van der Waals surface area contributed by atoms with Gasteiger partial charge >= 0.3 is 5.97 Å². The van der Waals surface area contributed by atoms with Gasteiger partial charge in [0.1, 0.15) is 10.1 Å². The van der Waals surface area contributed by atoms with Gasteiger partial charge in [0.2, 0.25) is 0 Å². The summed E-state index contributed by atoms with van der Waals surface area (Å²) >= 11 is 6.74. The zero-order valence-corrected chi connectivity index (χ0v) is 22.9. The van der Waals surface area contributed by atoms with E-state index < -0.39 is 5.97 Å². The molecule has 1 heterocycles. The second-order valence-electron chi connectivity index (χ2n) is 8.51. The number of thioether (sulfide) groups is 1. The normalized spacial score (nSPS) is 14.4. The summed E-state index contributed by atoms with van der Waals surface area (Å²) in [7, 11) is 3.18. The van der Waals surface area contributed by atoms with Gasteiger partial charge in [-0.1, -0.05) is 72.0 Å². The Labute approximate surface area is 231 Å². The average molecular weight is 546 g/mol. The van der Waals surface area contributed by atoms with Crippen molar-refractivity contribution < 1.29 is 23.8 Å². The SMILES string of the molecule is COc1ccc(CCN2C(=O)C(=Cc3ccc(OC(=O)C=Cc4ccc(C)cc4)cc3)SC2=S)cc1OC. The fourth-order valence-corrected chi connectivity index (χ4v) is 5.05. The molecule has 0 aliphatic carbocycles. The molecule has 0 unspecified atom stereocenters. The number of hydrogen-bond donors (Lipinski definition) is 0. The van der Waals surface area contributed by atoms with E-state index in [0.717, 1.165) is 22.3 Å². The van der Waals surface area contributed by atoms with Crippen LogP contribution in [0.5, 0.6) is 17.2 Å². The van der Waals surface area contributed by atoms with Crippen LogP contribution in [0.2, 0.25) is 0 Å². The molecule has 1 aliphatic rings. The van der Waals surface area contributed by atoms with E-state index in [1.54, 1.807) is 55.5 Å². The summed E-state index contributed by atoms with van der Waals surface area (Å²) in [6, 6.07) is 20.5. The number of esters is 1. The van der Waals surface area contributed by atoms with Crippen molar-refractivity contribution in [2.24, 2.45) is 0 Å². The van der Waals surface area contributed by atoms with Gasteiger partial charge in [-0.05, 0) is 66.5 Å². The van der Waals surface area contributed by atoms with Crippen molar-refractivity contribution in [1.29, 1.82) is 0 Å². The van der Waals surface area contributed by atoms with Crippen LogP contribution in [0.3, 0.4) is 0 Å². The van der Waals surface area contributed by atoms with Gasteiger partial charge < -0.3 is 14.2 Å². The molecular formula is C30H27NO5S2. The van der Waals surface area contributed by atoms with Crippen LogP contribution in [-0.4, -0.2) is 41.9 Å². The number of hydrogen-bond acceptors (Lipinski definition) is 7. The van der Waals surface area contributed by atoms with Crippen molar-refractivity contribution in [2.75, 3.05) is 20.8 Å². The summed E-state index contributed by atoms with van der Waals surface area (Å²) in [5, 5.41) is 0. The number of nitrogens with zero attached hydrogens (tertiary/aromatic N) is 1. The minimum atomic E-state index is -0.464. The molecule has 3 aromatic carbocycles. The summed E-state index contributed by atoms with van der Waals surface area (Å²) in [6.45, 7) is 2.47. The van der Waals surface area contributed by atoms with Gasteiger partial charge in [-0.2, -0.15) is 0 Å². The molecule has 1 amide bonds. The standard InChI is InChI=1S/C30H27NO5S2/c1-20-4-6-21(7-5-20)11-15-28(32)36-24-12-8-22(9-13-24)19-27-29(33)31(30(37)38-27)17-16-23-10-14-25(34-2)26(18-23)35-3/h4-15,18-19H,16-17H2,1-3H3. The Balaban J connectivity index is 1.34. The van der Waals surface area contributed by atoms with E-state index in [9.17, 15) is 9.59 Å². The zero-order chi connectivity index (χ0) is 27.1. The Kier molecular flexibility index (Phi) is 8.99. The molecular weight excluding hydrogens is 518 g/mol. The summed E-state index contributed by atoms with van der Waals surface area (Å²) in [6.07, 6.45) is 5.52. The summed E-state index contributed by atoms with van der Waals surface area (Å²) in [4.78, 5) is 27.3. The van der Waals surface area contributed by atoms with Crippen molar-refractivity contribution in [1.82, 2.24) is 4.90 Å². The Hall–Kier alpha value is -3.88. The molecule has 3 aromatic rings. The van der Waals surface area contributed by atoms with Crippen molar-refractivity contribution in [2.45, 2.75) is 13.3 Å². The maximum Gasteiger partial charge on any atom is 0.336 e. The van der Waals surface area contributed by atoms with Crippen LogP contribution in [0.15, 0.2) is 77.7 Å². The first-order chi connectivity index (χ1) is 18.4. The fraction of sp³-hybridized carbons (Fsp3) is 0.167. The Bertz CT molecular complexity index is 1400. The third-order valence-corrected chi connectivity index (χ3v) is 7.21. The minimum Gasteiger partial charge on any atom is -0.493 e. The second kappa shape index (κ2) is 12.6. The predicted molar refractivity (Wildman–Crippen MR) is 155 cm³/mol. The number of aryl methyl sites for hydroxylation is 1. The second-order valence-corrected chi connectivity index (χ2v) is 10.2. The van der Waals surface area contributed by atoms with E-state index in [-0.39, 0.29) is 5.91 Å². The third kappa shape index (κ3) is 6.90. The summed E-state index contributed by atoms with van der Waals surface area (Å²) in [5.74, 6) is 1.13. The topological polar surface area (TPSA) is 65.1 Å². The van der Waals surface area contributed by atoms with E-state index >= 15 is 0 Å². The van der Waals surface area contributed by atoms with Gasteiger partial charge in [-0.3, -0.25) is 9.69 Å². The van der Waals surface area contributed by atoms with Gasteiger partial charge in [-0.25, -0.2) is 4.79 Å². The quantitative estimate of drug-likeness (QED) is 0.140. The summed E-state index contributed by atoms with van der Waals surface area (Å²) < 4.78 is 16.5. The first-order valence-corrected chi connectivity index (χ1v) is 13.1. The number of amides is 1. The van der Waals surface area contributed by atoms with E-state index in [0.29, 0.717) is 39.4 Å². The van der Waals surface area contributed by atoms with E-state index in [1.165, 1.54) is 17.8 Å². The molecule has 0 N–H and O–H groups in total. The van der Waals surface area contributed by atoms with Crippen LogP contribution in [0.1, 0.15) is 22.3 Å². The molecule has 0 bridgehead atoms. The number of ether oxygens (including phenoxy) is 3. The molecule has 0 atom stereocenters. The monoisotopic (exact) mass is 545 g/mol. The molecule has 38 heavy (non-hydrogen) atoms. The molecule has 4 rings (SSSR count). The Morgan fingerprint density at radius 2 is 1.63 bits per heavy atom. The number of methoxy groups -OCH3 is 2. The lowest BCUT2D eigenvalue weighted by atomic mass is 10.1. The highest BCUT2D eigenvalue weighted by atomic mass is 32.2. The molecule has 0 aromatic heterocycles. The number of benzene rings is 3. The van der Waals surface area contributed by atoms with Crippen molar-refractivity contribution in [3.63, 3.8) is 0 Å². The van der Waals surface area contributed by atoms with E-state index in [1.807, 2.05) is 49.4 Å². The van der Waals surface area contributed by atoms with Gasteiger partial charge in [0.05, 0.1) is 19.1 Å². The van der Waals surface area contributed by atoms with E-state index in [2.05, 4.69) is 0 Å². The third-order valence-electron chi connectivity index (χ3n) is 5.83. The fourth-order valence-electron chi connectivity index (χ4n) is 3.75. The number of carbonyl (C=O) groups is 2. The first-order valence-electron chi connectivity index (χ1n) is 11.9. The van der Waals surface area contributed by atoms with E-state index in [4.69, 9.17) is 26.4 Å². The molecule has 1 saturated heterocycles. The lowest BCUT2D eigenvalue weighted by molar-refractivity contribution is -0.129. The minimum absolute atomic E-state index is 0.128. The highest BCUT2D eigenvalue weighted by molar-refractivity contribution is 8.26. The van der Waals surface area contributed by atoms with Crippen LogP contribution < -0.4 is 14.2 Å². The molecule has 0 spiro atoms. The lowest BCUT2D eigenvalue weighted by Crippen LogP contribution is -2.30. The van der Waals surface area contributed by atoms with Crippen molar-refractivity contribution in [3.05, 3.63) is 100.0 Å². The summed E-state index contributed by atoms with van der Waals surface area (Å²) in [5.41, 5.74) is 3.89. The Morgan fingerprint density at radius 1 is 0.947 bits per heavy atom. The largest absolute Gasteiger partial charge is 0.493 e. The lowest BCUT2D eigenvalue weighted by Gasteiger charge is -2.15. The van der Waals surface area contributed by atoms with Gasteiger partial charge in [0, 0.05) is 12.6 Å². The van der Waals surface area contributed by atoms with Crippen LogP contribution in [-0.2, 0) is 16.0 Å². The molecule has 8 heteroatoms. The maximum atomic E-state index is 13.0. The molecule has 6 nitrogen and oxygen atoms in total. The van der Waals surface area contributed by atoms with Crippen LogP contribution in [0.25, 0.3) is 12.2 Å². The number of carbonyl (C=O) groups excluding carboxylic acids is 2. The molecule has 1 fully saturated rings. The van der Waals surface area contributed by atoms with Crippen LogP contribution in [0.4, 0.5) is 0 Å². The average Bonchev–Trinajstić information content (AvgIpc) is 3.19. The predicted octanol–water partition coefficient (Wildman–Crippen LogP) is 6.07. The smallest absolute Gasteiger partial charge is 0.336 e. The maximum absolute atomic E-state index is 13.0. The van der Waals surface area contributed by atoms with Crippen LogP contribution in [0, 0.1) is 6.92 Å². The van der Waals surface area contributed by atoms with Crippen molar-refractivity contribution in [3.8, 4) is 17.2 Å². The first kappa shape index (κ1) is 27.2. The molecule has 1 aliphatic heterocycles. The van der Waals surface area contributed by atoms with Crippen LogP contribution >= 0.6 is 24.0 Å². The van der Waals surface area contributed by atoms with Gasteiger partial charge in [-0.15, -0.1) is 0 Å². The molecule has 0 saturated carbocycles. The highest BCUT2D eigenvalue weighted by Gasteiger charge is 2.31. The van der Waals surface area contributed by atoms with Gasteiger partial charge in [0.15, 0.2) is 11.5 Å². The molecule has 0 radical (unpaired) electrons. The molecule has 194 valence electrons. The number of rotatable bonds is 9. The van der Waals surface area contributed by atoms with Crippen molar-refractivity contribution >= 4 is 52.3 Å². The highest BCUT2D eigenvalue weighted by Crippen LogP contribution is 2.33. The van der Waals surface area contributed by atoms with Gasteiger partial charge in [0.25, 0.3) is 5.91 Å². The Morgan fingerprint density at radius 3 is 2.32 bits per heavy atom.